The molecule has 2 fully saturated rings. The quantitative estimate of drug-likeness (QED) is 0.141. The van der Waals surface area contributed by atoms with Gasteiger partial charge in [-0.1, -0.05) is 55.8 Å². The molecule has 2 N–H and O–H groups in total. The largest absolute Gasteiger partial charge is 0.455 e. The van der Waals surface area contributed by atoms with E-state index in [9.17, 15) is 19.5 Å². The van der Waals surface area contributed by atoms with E-state index in [1.54, 1.807) is 0 Å². The predicted octanol–water partition coefficient (Wildman–Crippen LogP) is 4.25. The molecule has 0 aromatic carbocycles. The third-order valence-corrected chi connectivity index (χ3v) is 9.90. The molecule has 2 aliphatic carbocycles. The van der Waals surface area contributed by atoms with E-state index >= 15 is 0 Å². The number of aromatic amines is 1. The van der Waals surface area contributed by atoms with Gasteiger partial charge in [-0.3, -0.25) is 4.79 Å². The van der Waals surface area contributed by atoms with Crippen LogP contribution in [0.1, 0.15) is 57.9 Å². The number of aliphatic hydroxyl groups is 1. The van der Waals surface area contributed by atoms with Gasteiger partial charge in [0.25, 0.3) is 0 Å². The number of nitrogens with one attached hydrogen (secondary N) is 1. The van der Waals surface area contributed by atoms with Crippen molar-refractivity contribution in [1.82, 2.24) is 4.98 Å². The van der Waals surface area contributed by atoms with Gasteiger partial charge in [0.2, 0.25) is 0 Å². The Morgan fingerprint density at radius 2 is 2.00 bits per heavy atom. The maximum Gasteiger partial charge on any atom is 0.355 e. The van der Waals surface area contributed by atoms with Gasteiger partial charge in [-0.05, 0) is 31.4 Å². The van der Waals surface area contributed by atoms with Crippen molar-refractivity contribution in [2.45, 2.75) is 77.5 Å². The van der Waals surface area contributed by atoms with Gasteiger partial charge in [-0.25, -0.2) is 9.59 Å². The number of H-pyrrole nitrogens is 1. The topological polar surface area (TPSA) is 146 Å². The summed E-state index contributed by atoms with van der Waals surface area (Å²) >= 11 is 6.03. The number of nitrogens with zero attached hydrogens (tertiary/aromatic N) is 1. The number of methoxy groups -OCH3 is 1. The number of halogens is 1. The molecule has 0 amide bonds. The van der Waals surface area contributed by atoms with Crippen molar-refractivity contribution < 1.29 is 43.3 Å². The van der Waals surface area contributed by atoms with Crippen LogP contribution in [0.2, 0.25) is 5.02 Å². The normalized spacial score (nSPS) is 39.2. The van der Waals surface area contributed by atoms with Crippen molar-refractivity contribution >= 4 is 35.2 Å². The number of oxime groups is 1. The third kappa shape index (κ3) is 5.42. The fourth-order valence-electron chi connectivity index (χ4n) is 7.84. The SMILES string of the molecule is CCC(=NOC(C)=O)[C@H]1OC(=O)[C@H](CC)[C@H]2C=C[C@H]3[C@H]4O[C@]2(/C(C)=C/[C@H]1C)[C@@H]3[C@H](O)[C@@H](COC)[C@H]4OC(=O)c1cc(Cl)c[nH]1. The molecule has 0 radical (unpaired) electrons. The number of aromatic nitrogens is 1. The van der Waals surface area contributed by atoms with Crippen LogP contribution in [0.4, 0.5) is 0 Å². The summed E-state index contributed by atoms with van der Waals surface area (Å²) in [5.74, 6) is -4.41. The standard InChI is InChI=1S/C32H41ClN2O9/c1-7-19-22-10-9-20-25-26(37)21(14-40-6)28(42-31(39)24-12-18(33)13-34-24)29(20)43-32(22,25)16(4)11-15(3)27(41-30(19)38)23(8-2)35-44-17(5)36/h9-13,15,19-22,25-29,34,37H,7-8,14H2,1-6H3/b16-11+,35-23?/t15-,19-,20-,21-,22-,25+,26-,27+,28-,29-,32+/m1/s1. The predicted molar refractivity (Wildman–Crippen MR) is 160 cm³/mol. The zero-order valence-corrected chi connectivity index (χ0v) is 26.6. The van der Waals surface area contributed by atoms with Gasteiger partial charge in [-0.2, -0.15) is 0 Å². The first kappa shape index (κ1) is 32.4. The highest BCUT2D eigenvalue weighted by Gasteiger charge is 2.70. The average molecular weight is 633 g/mol. The molecule has 1 aromatic rings. The minimum atomic E-state index is -1.09. The first-order chi connectivity index (χ1) is 21.0. The summed E-state index contributed by atoms with van der Waals surface area (Å²) in [4.78, 5) is 46.5. The number of cyclic esters (lactones) is 1. The fourth-order valence-corrected chi connectivity index (χ4v) is 8.00. The van der Waals surface area contributed by atoms with Crippen LogP contribution in [0, 0.1) is 35.5 Å². The van der Waals surface area contributed by atoms with E-state index in [0.717, 1.165) is 5.57 Å². The third-order valence-electron chi connectivity index (χ3n) is 9.69. The van der Waals surface area contributed by atoms with E-state index in [1.165, 1.54) is 26.3 Å². The van der Waals surface area contributed by atoms with Crippen molar-refractivity contribution in [2.24, 2.45) is 40.7 Å². The molecule has 11 atom stereocenters. The van der Waals surface area contributed by atoms with Gasteiger partial charge in [0, 0.05) is 49.8 Å². The molecule has 2 aliphatic heterocycles. The molecule has 12 heteroatoms. The fraction of sp³-hybridized carbons (Fsp3) is 0.625. The Bertz CT molecular complexity index is 1370. The van der Waals surface area contributed by atoms with Crippen LogP contribution >= 0.6 is 11.6 Å². The molecule has 44 heavy (non-hydrogen) atoms. The van der Waals surface area contributed by atoms with Crippen LogP contribution in [0.5, 0.6) is 0 Å². The lowest BCUT2D eigenvalue weighted by Gasteiger charge is -2.49. The van der Waals surface area contributed by atoms with Gasteiger partial charge in [-0.15, -0.1) is 0 Å². The zero-order chi connectivity index (χ0) is 31.9. The van der Waals surface area contributed by atoms with E-state index in [-0.39, 0.29) is 24.1 Å². The molecule has 1 aromatic heterocycles. The van der Waals surface area contributed by atoms with Crippen molar-refractivity contribution in [1.29, 1.82) is 0 Å². The minimum absolute atomic E-state index is 0.130. The lowest BCUT2D eigenvalue weighted by atomic mass is 9.56. The second-order valence-corrected chi connectivity index (χ2v) is 12.6. The molecule has 11 nitrogen and oxygen atoms in total. The van der Waals surface area contributed by atoms with Crippen molar-refractivity contribution in [3.8, 4) is 0 Å². The van der Waals surface area contributed by atoms with Gasteiger partial charge in [0.05, 0.1) is 29.4 Å². The molecule has 4 aliphatic rings. The second-order valence-electron chi connectivity index (χ2n) is 12.2. The van der Waals surface area contributed by atoms with Gasteiger partial charge >= 0.3 is 17.9 Å². The van der Waals surface area contributed by atoms with Crippen LogP contribution in [-0.2, 0) is 33.4 Å². The molecule has 4 bridgehead atoms. The Balaban J connectivity index is 1.60. The first-order valence-electron chi connectivity index (χ1n) is 15.2. The number of rotatable bonds is 8. The average Bonchev–Trinajstić information content (AvgIpc) is 3.50. The summed E-state index contributed by atoms with van der Waals surface area (Å²) in [5, 5.41) is 16.5. The maximum atomic E-state index is 13.9. The van der Waals surface area contributed by atoms with E-state index in [2.05, 4.69) is 10.1 Å². The number of ether oxygens (including phenoxy) is 4. The Morgan fingerprint density at radius 3 is 2.61 bits per heavy atom. The smallest absolute Gasteiger partial charge is 0.355 e. The van der Waals surface area contributed by atoms with Crippen LogP contribution in [0.25, 0.3) is 0 Å². The summed E-state index contributed by atoms with van der Waals surface area (Å²) in [6, 6.07) is 1.48. The van der Waals surface area contributed by atoms with Crippen LogP contribution < -0.4 is 0 Å². The highest BCUT2D eigenvalue weighted by atomic mass is 35.5. The Hall–Kier alpha value is -2.99. The highest BCUT2D eigenvalue weighted by molar-refractivity contribution is 6.30. The molecular weight excluding hydrogens is 592 g/mol. The van der Waals surface area contributed by atoms with Crippen LogP contribution in [-0.4, -0.2) is 77.4 Å². The first-order valence-corrected chi connectivity index (χ1v) is 15.6. The molecule has 1 saturated heterocycles. The van der Waals surface area contributed by atoms with Crippen LogP contribution in [0.15, 0.2) is 41.2 Å². The summed E-state index contributed by atoms with van der Waals surface area (Å²) in [6.45, 7) is 9.02. The van der Waals surface area contributed by atoms with Crippen molar-refractivity contribution in [3.63, 3.8) is 0 Å². The molecule has 5 rings (SSSR count). The Morgan fingerprint density at radius 1 is 1.25 bits per heavy atom. The van der Waals surface area contributed by atoms with Gasteiger partial charge < -0.3 is 33.9 Å². The number of hydrogen-bond donors (Lipinski definition) is 2. The molecule has 1 saturated carbocycles. The van der Waals surface area contributed by atoms with Crippen LogP contribution in [0.3, 0.4) is 0 Å². The number of esters is 2. The molecular formula is C32H41ClN2O9. The molecule has 240 valence electrons. The number of aliphatic hydroxyl groups excluding tert-OH is 1. The van der Waals surface area contributed by atoms with Crippen molar-refractivity contribution in [2.75, 3.05) is 13.7 Å². The van der Waals surface area contributed by atoms with Gasteiger partial charge in [0.15, 0.2) is 0 Å². The Kier molecular flexibility index (Phi) is 9.42. The monoisotopic (exact) mass is 632 g/mol. The summed E-state index contributed by atoms with van der Waals surface area (Å²) in [7, 11) is 1.54. The molecule has 0 unspecified atom stereocenters. The van der Waals surface area contributed by atoms with E-state index in [4.69, 9.17) is 35.4 Å². The summed E-state index contributed by atoms with van der Waals surface area (Å²) < 4.78 is 24.8. The molecule has 3 heterocycles. The number of carbonyl (C=O) groups is 3. The van der Waals surface area contributed by atoms with Gasteiger partial charge in [0.1, 0.15) is 29.6 Å². The summed E-state index contributed by atoms with van der Waals surface area (Å²) in [6.07, 6.45) is 5.10. The Labute approximate surface area is 261 Å². The van der Waals surface area contributed by atoms with E-state index in [0.29, 0.717) is 23.6 Å². The lowest BCUT2D eigenvalue weighted by molar-refractivity contribution is -0.159. The van der Waals surface area contributed by atoms with Crippen molar-refractivity contribution in [3.05, 3.63) is 46.8 Å². The van der Waals surface area contributed by atoms with E-state index in [1.807, 2.05) is 45.9 Å². The summed E-state index contributed by atoms with van der Waals surface area (Å²) in [5.41, 5.74) is 0.359. The minimum Gasteiger partial charge on any atom is -0.455 e. The second kappa shape index (κ2) is 12.8. The number of carbonyl (C=O) groups excluding carboxylic acids is 3. The zero-order valence-electron chi connectivity index (χ0n) is 25.8. The maximum absolute atomic E-state index is 13.9. The number of hydrogen-bond acceptors (Lipinski definition) is 10. The van der Waals surface area contributed by atoms with E-state index < -0.39 is 71.6 Å². The highest BCUT2D eigenvalue weighted by Crippen LogP contribution is 2.62. The molecule has 1 spiro atoms. The lowest BCUT2D eigenvalue weighted by Crippen LogP contribution is -2.59.